The standard InChI is InChI=1S/C20H30N4O3.HI/c1-4-27-19(26)17-7-5-16(6-8-17)14-23-20(22-3)24-11-9-15(10-12-24)13-18(25)21-2;/h5-8,15H,4,9-14H2,1-3H3,(H,21,25)(H,22,23);1H. The molecule has 156 valence electrons. The van der Waals surface area contributed by atoms with Gasteiger partial charge in [0.2, 0.25) is 5.91 Å². The van der Waals surface area contributed by atoms with Crippen LogP contribution in [-0.2, 0) is 16.1 Å². The summed E-state index contributed by atoms with van der Waals surface area (Å²) in [4.78, 5) is 29.8. The Hall–Kier alpha value is -1.84. The number of nitrogens with zero attached hydrogens (tertiary/aromatic N) is 2. The number of aliphatic imine (C=N–C) groups is 1. The molecule has 0 radical (unpaired) electrons. The van der Waals surface area contributed by atoms with E-state index in [0.29, 0.717) is 31.1 Å². The zero-order valence-electron chi connectivity index (χ0n) is 16.9. The van der Waals surface area contributed by atoms with Crippen LogP contribution >= 0.6 is 24.0 Å². The molecule has 1 heterocycles. The topological polar surface area (TPSA) is 83.0 Å². The summed E-state index contributed by atoms with van der Waals surface area (Å²) in [5.41, 5.74) is 1.63. The highest BCUT2D eigenvalue weighted by Crippen LogP contribution is 2.20. The van der Waals surface area contributed by atoms with Crippen LogP contribution in [0, 0.1) is 5.92 Å². The third kappa shape index (κ3) is 7.29. The second-order valence-corrected chi connectivity index (χ2v) is 6.63. The molecule has 1 saturated heterocycles. The van der Waals surface area contributed by atoms with Crippen molar-refractivity contribution < 1.29 is 14.3 Å². The summed E-state index contributed by atoms with van der Waals surface area (Å²) in [6, 6.07) is 7.40. The van der Waals surface area contributed by atoms with Crippen LogP contribution in [0.2, 0.25) is 0 Å². The van der Waals surface area contributed by atoms with Gasteiger partial charge in [-0.25, -0.2) is 4.79 Å². The maximum atomic E-state index is 11.7. The molecule has 1 fully saturated rings. The van der Waals surface area contributed by atoms with E-state index in [1.54, 1.807) is 33.2 Å². The molecule has 8 heteroatoms. The van der Waals surface area contributed by atoms with Crippen LogP contribution in [-0.4, -0.2) is 56.5 Å². The quantitative estimate of drug-likeness (QED) is 0.270. The van der Waals surface area contributed by atoms with Crippen LogP contribution in [0.15, 0.2) is 29.3 Å². The van der Waals surface area contributed by atoms with E-state index in [1.807, 2.05) is 12.1 Å². The molecule has 0 spiro atoms. The van der Waals surface area contributed by atoms with Crippen LogP contribution in [0.1, 0.15) is 42.1 Å². The summed E-state index contributed by atoms with van der Waals surface area (Å²) in [6.07, 6.45) is 2.58. The van der Waals surface area contributed by atoms with E-state index in [1.165, 1.54) is 0 Å². The van der Waals surface area contributed by atoms with Crippen LogP contribution in [0.5, 0.6) is 0 Å². The fraction of sp³-hybridized carbons (Fsp3) is 0.550. The van der Waals surface area contributed by atoms with Gasteiger partial charge in [-0.15, -0.1) is 24.0 Å². The van der Waals surface area contributed by atoms with Crippen LogP contribution < -0.4 is 10.6 Å². The van der Waals surface area contributed by atoms with E-state index in [2.05, 4.69) is 20.5 Å². The second kappa shape index (κ2) is 12.6. The molecule has 1 amide bonds. The number of hydrogen-bond donors (Lipinski definition) is 2. The Kier molecular flexibility index (Phi) is 10.9. The number of hydrogen-bond acceptors (Lipinski definition) is 4. The molecule has 7 nitrogen and oxygen atoms in total. The minimum atomic E-state index is -0.299. The van der Waals surface area contributed by atoms with Crippen molar-refractivity contribution in [2.24, 2.45) is 10.9 Å². The van der Waals surface area contributed by atoms with Crippen LogP contribution in [0.3, 0.4) is 0 Å². The highest BCUT2D eigenvalue weighted by molar-refractivity contribution is 14.0. The monoisotopic (exact) mass is 502 g/mol. The van der Waals surface area contributed by atoms with E-state index >= 15 is 0 Å². The number of amides is 1. The first-order valence-corrected chi connectivity index (χ1v) is 9.49. The molecule has 1 aromatic rings. The molecular weight excluding hydrogens is 471 g/mol. The van der Waals surface area contributed by atoms with Crippen molar-refractivity contribution in [3.05, 3.63) is 35.4 Å². The zero-order valence-corrected chi connectivity index (χ0v) is 19.2. The van der Waals surface area contributed by atoms with Gasteiger partial charge in [0, 0.05) is 40.2 Å². The number of carbonyl (C=O) groups excluding carboxylic acids is 2. The number of benzene rings is 1. The third-order valence-electron chi connectivity index (χ3n) is 4.79. The third-order valence-corrected chi connectivity index (χ3v) is 4.79. The van der Waals surface area contributed by atoms with Gasteiger partial charge in [0.15, 0.2) is 5.96 Å². The first-order valence-electron chi connectivity index (χ1n) is 9.49. The van der Waals surface area contributed by atoms with Gasteiger partial charge >= 0.3 is 5.97 Å². The predicted molar refractivity (Wildman–Crippen MR) is 121 cm³/mol. The van der Waals surface area contributed by atoms with Crippen molar-refractivity contribution in [3.8, 4) is 0 Å². The highest BCUT2D eigenvalue weighted by atomic mass is 127. The van der Waals surface area contributed by atoms with E-state index in [0.717, 1.165) is 37.5 Å². The Labute approximate surface area is 184 Å². The lowest BCUT2D eigenvalue weighted by atomic mass is 9.93. The zero-order chi connectivity index (χ0) is 19.6. The van der Waals surface area contributed by atoms with Crippen molar-refractivity contribution in [1.29, 1.82) is 0 Å². The first-order chi connectivity index (χ1) is 13.1. The molecule has 1 aliphatic rings. The number of carbonyl (C=O) groups is 2. The summed E-state index contributed by atoms with van der Waals surface area (Å²) in [5.74, 6) is 1.12. The Morgan fingerprint density at radius 3 is 2.39 bits per heavy atom. The summed E-state index contributed by atoms with van der Waals surface area (Å²) < 4.78 is 5.00. The Morgan fingerprint density at radius 1 is 1.21 bits per heavy atom. The van der Waals surface area contributed by atoms with Gasteiger partial charge < -0.3 is 20.3 Å². The molecule has 0 bridgehead atoms. The van der Waals surface area contributed by atoms with Crippen molar-refractivity contribution in [2.75, 3.05) is 33.8 Å². The van der Waals surface area contributed by atoms with Crippen molar-refractivity contribution in [1.82, 2.24) is 15.5 Å². The lowest BCUT2D eigenvalue weighted by molar-refractivity contribution is -0.121. The number of nitrogens with one attached hydrogen (secondary N) is 2. The molecule has 0 aliphatic carbocycles. The largest absolute Gasteiger partial charge is 0.462 e. The fourth-order valence-corrected chi connectivity index (χ4v) is 3.20. The summed E-state index contributed by atoms with van der Waals surface area (Å²) in [6.45, 7) is 4.58. The average molecular weight is 502 g/mol. The number of halogens is 1. The van der Waals surface area contributed by atoms with Crippen molar-refractivity contribution in [3.63, 3.8) is 0 Å². The minimum absolute atomic E-state index is 0. The highest BCUT2D eigenvalue weighted by Gasteiger charge is 2.23. The van der Waals surface area contributed by atoms with Crippen molar-refractivity contribution in [2.45, 2.75) is 32.7 Å². The summed E-state index contributed by atoms with van der Waals surface area (Å²) in [5, 5.41) is 6.07. The molecule has 2 rings (SSSR count). The van der Waals surface area contributed by atoms with Gasteiger partial charge in [0.1, 0.15) is 0 Å². The number of piperidine rings is 1. The number of ether oxygens (including phenoxy) is 1. The fourth-order valence-electron chi connectivity index (χ4n) is 3.20. The van der Waals surface area contributed by atoms with Gasteiger partial charge in [-0.1, -0.05) is 12.1 Å². The lowest BCUT2D eigenvalue weighted by Gasteiger charge is -2.34. The summed E-state index contributed by atoms with van der Waals surface area (Å²) in [7, 11) is 3.46. The minimum Gasteiger partial charge on any atom is -0.462 e. The lowest BCUT2D eigenvalue weighted by Crippen LogP contribution is -2.45. The van der Waals surface area contributed by atoms with Gasteiger partial charge in [-0.2, -0.15) is 0 Å². The molecule has 1 aliphatic heterocycles. The molecular formula is C20H31IN4O3. The molecule has 0 atom stereocenters. The van der Waals surface area contributed by atoms with E-state index in [4.69, 9.17) is 4.74 Å². The Morgan fingerprint density at radius 2 is 1.86 bits per heavy atom. The molecule has 0 aromatic heterocycles. The van der Waals surface area contributed by atoms with Crippen molar-refractivity contribution >= 4 is 41.8 Å². The smallest absolute Gasteiger partial charge is 0.338 e. The molecule has 0 unspecified atom stereocenters. The van der Waals surface area contributed by atoms with Crippen LogP contribution in [0.4, 0.5) is 0 Å². The maximum absolute atomic E-state index is 11.7. The Bertz CT molecular complexity index is 656. The first kappa shape index (κ1) is 24.2. The average Bonchev–Trinajstić information content (AvgIpc) is 2.70. The SMILES string of the molecule is CCOC(=O)c1ccc(CNC(=NC)N2CCC(CC(=O)NC)CC2)cc1.I. The van der Waals surface area contributed by atoms with E-state index in [-0.39, 0.29) is 35.9 Å². The molecule has 0 saturated carbocycles. The van der Waals surface area contributed by atoms with E-state index < -0.39 is 0 Å². The Balaban J connectivity index is 0.00000392. The van der Waals surface area contributed by atoms with Gasteiger partial charge in [0.05, 0.1) is 12.2 Å². The van der Waals surface area contributed by atoms with Gasteiger partial charge in [-0.3, -0.25) is 9.79 Å². The normalized spacial score (nSPS) is 14.8. The maximum Gasteiger partial charge on any atom is 0.338 e. The molecule has 1 aromatic carbocycles. The van der Waals surface area contributed by atoms with Crippen LogP contribution in [0.25, 0.3) is 0 Å². The number of rotatable bonds is 6. The second-order valence-electron chi connectivity index (χ2n) is 6.63. The summed E-state index contributed by atoms with van der Waals surface area (Å²) >= 11 is 0. The van der Waals surface area contributed by atoms with Gasteiger partial charge in [0.25, 0.3) is 0 Å². The molecule has 2 N–H and O–H groups in total. The number of esters is 1. The number of likely N-dealkylation sites (tertiary alicyclic amines) is 1. The van der Waals surface area contributed by atoms with Gasteiger partial charge in [-0.05, 0) is 43.4 Å². The number of guanidine groups is 1. The molecule has 28 heavy (non-hydrogen) atoms. The van der Waals surface area contributed by atoms with E-state index in [9.17, 15) is 9.59 Å². The predicted octanol–water partition coefficient (Wildman–Crippen LogP) is 2.40.